The zero-order valence-corrected chi connectivity index (χ0v) is 15.4. The van der Waals surface area contributed by atoms with Crippen molar-refractivity contribution in [3.63, 3.8) is 0 Å². The molecule has 2 rings (SSSR count). The van der Waals surface area contributed by atoms with E-state index in [1.807, 2.05) is 0 Å². The second-order valence-electron chi connectivity index (χ2n) is 5.90. The highest BCUT2D eigenvalue weighted by Gasteiger charge is 2.31. The minimum atomic E-state index is -4.80. The summed E-state index contributed by atoms with van der Waals surface area (Å²) in [5, 5.41) is 2.47. The normalized spacial score (nSPS) is 10.8. The van der Waals surface area contributed by atoms with Crippen LogP contribution in [0.4, 0.5) is 18.9 Å². The number of hydrogen-bond acceptors (Lipinski definition) is 5. The van der Waals surface area contributed by atoms with E-state index in [4.69, 9.17) is 4.74 Å². The molecule has 0 spiro atoms. The number of carbonyl (C=O) groups is 3. The minimum absolute atomic E-state index is 0.246. The lowest BCUT2D eigenvalue weighted by molar-refractivity contribution is -0.274. The van der Waals surface area contributed by atoms with Gasteiger partial charge in [-0.3, -0.25) is 14.4 Å². The fraction of sp³-hybridized carbons (Fsp3) is 0.211. The average Bonchev–Trinajstić information content (AvgIpc) is 2.61. The molecule has 0 aromatic heterocycles. The molecule has 0 heterocycles. The number of anilines is 1. The van der Waals surface area contributed by atoms with Crippen molar-refractivity contribution in [3.8, 4) is 11.5 Å². The number of carbonyl (C=O) groups excluding carboxylic acids is 3. The Kier molecular flexibility index (Phi) is 6.81. The molecule has 2 aromatic carbocycles. The van der Waals surface area contributed by atoms with Crippen LogP contribution in [0.15, 0.2) is 48.5 Å². The molecule has 0 saturated heterocycles. The monoisotopic (exact) mass is 410 g/mol. The Labute approximate surface area is 164 Å². The second kappa shape index (κ2) is 9.09. The topological polar surface area (TPSA) is 84.9 Å². The van der Waals surface area contributed by atoms with E-state index in [2.05, 4.69) is 10.1 Å². The van der Waals surface area contributed by atoms with E-state index in [0.717, 1.165) is 17.0 Å². The summed E-state index contributed by atoms with van der Waals surface area (Å²) in [5.74, 6) is -1.60. The standard InChI is InChI=1S/C19H17F3N2O5/c1-12(25)28-15-7-3-13(4-8-15)18(27)24(2)11-17(26)23-14-5-9-16(10-6-14)29-19(20,21)22/h3-10H,11H2,1-2H3,(H,23,26). The quantitative estimate of drug-likeness (QED) is 0.584. The van der Waals surface area contributed by atoms with Gasteiger partial charge in [-0.15, -0.1) is 13.2 Å². The molecule has 0 radical (unpaired) electrons. The zero-order valence-electron chi connectivity index (χ0n) is 15.4. The van der Waals surface area contributed by atoms with Crippen molar-refractivity contribution in [2.24, 2.45) is 0 Å². The third-order valence-electron chi connectivity index (χ3n) is 3.46. The van der Waals surface area contributed by atoms with Crippen LogP contribution in [0.5, 0.6) is 11.5 Å². The van der Waals surface area contributed by atoms with Gasteiger partial charge in [0.15, 0.2) is 0 Å². The van der Waals surface area contributed by atoms with E-state index in [9.17, 15) is 27.6 Å². The molecule has 0 unspecified atom stereocenters. The Morgan fingerprint density at radius 3 is 2.03 bits per heavy atom. The number of esters is 1. The van der Waals surface area contributed by atoms with Crippen molar-refractivity contribution in [2.75, 3.05) is 18.9 Å². The van der Waals surface area contributed by atoms with E-state index in [0.29, 0.717) is 0 Å². The lowest BCUT2D eigenvalue weighted by atomic mass is 10.2. The summed E-state index contributed by atoms with van der Waals surface area (Å²) in [6.07, 6.45) is -4.80. The van der Waals surface area contributed by atoms with E-state index < -0.39 is 29.9 Å². The summed E-state index contributed by atoms with van der Waals surface area (Å²) in [7, 11) is 1.42. The highest BCUT2D eigenvalue weighted by atomic mass is 19.4. The summed E-state index contributed by atoms with van der Waals surface area (Å²) in [6.45, 7) is 0.966. The van der Waals surface area contributed by atoms with Gasteiger partial charge in [-0.2, -0.15) is 0 Å². The Morgan fingerprint density at radius 1 is 0.966 bits per heavy atom. The number of benzene rings is 2. The lowest BCUT2D eigenvalue weighted by Crippen LogP contribution is -2.34. The average molecular weight is 410 g/mol. The first kappa shape index (κ1) is 21.7. The molecule has 0 bridgehead atoms. The smallest absolute Gasteiger partial charge is 0.427 e. The maximum absolute atomic E-state index is 12.4. The van der Waals surface area contributed by atoms with Crippen LogP contribution in [0.3, 0.4) is 0 Å². The summed E-state index contributed by atoms with van der Waals surface area (Å²) >= 11 is 0. The maximum atomic E-state index is 12.4. The maximum Gasteiger partial charge on any atom is 0.573 e. The Morgan fingerprint density at radius 2 is 1.52 bits per heavy atom. The van der Waals surface area contributed by atoms with Crippen LogP contribution in [-0.2, 0) is 9.59 Å². The zero-order chi connectivity index (χ0) is 21.6. The summed E-state index contributed by atoms with van der Waals surface area (Å²) in [5.41, 5.74) is 0.529. The van der Waals surface area contributed by atoms with Crippen LogP contribution in [-0.4, -0.2) is 42.6 Å². The largest absolute Gasteiger partial charge is 0.573 e. The van der Waals surface area contributed by atoms with Crippen LogP contribution >= 0.6 is 0 Å². The van der Waals surface area contributed by atoms with Gasteiger partial charge in [-0.1, -0.05) is 0 Å². The first-order valence-electron chi connectivity index (χ1n) is 8.23. The van der Waals surface area contributed by atoms with Gasteiger partial charge in [0.25, 0.3) is 5.91 Å². The summed E-state index contributed by atoms with van der Waals surface area (Å²) in [4.78, 5) is 36.5. The minimum Gasteiger partial charge on any atom is -0.427 e. The molecule has 1 N–H and O–H groups in total. The number of likely N-dealkylation sites (N-methyl/N-ethyl adjacent to an activating group) is 1. The van der Waals surface area contributed by atoms with Crippen molar-refractivity contribution >= 4 is 23.5 Å². The van der Waals surface area contributed by atoms with Crippen LogP contribution in [0.1, 0.15) is 17.3 Å². The van der Waals surface area contributed by atoms with Crippen molar-refractivity contribution in [1.82, 2.24) is 4.90 Å². The molecular formula is C19H17F3N2O5. The van der Waals surface area contributed by atoms with Gasteiger partial charge >= 0.3 is 12.3 Å². The highest BCUT2D eigenvalue weighted by Crippen LogP contribution is 2.24. The Bertz CT molecular complexity index is 880. The Balaban J connectivity index is 1.91. The van der Waals surface area contributed by atoms with Gasteiger partial charge in [-0.05, 0) is 48.5 Å². The van der Waals surface area contributed by atoms with Gasteiger partial charge in [0, 0.05) is 25.2 Å². The molecule has 154 valence electrons. The molecule has 10 heteroatoms. The summed E-state index contributed by atoms with van der Waals surface area (Å²) in [6, 6.07) is 10.4. The number of nitrogens with zero attached hydrogens (tertiary/aromatic N) is 1. The van der Waals surface area contributed by atoms with Crippen molar-refractivity contribution < 1.29 is 37.0 Å². The molecule has 0 saturated carbocycles. The van der Waals surface area contributed by atoms with E-state index in [-0.39, 0.29) is 23.5 Å². The summed E-state index contributed by atoms with van der Waals surface area (Å²) < 4.78 is 45.0. The molecule has 0 aliphatic carbocycles. The Hall–Kier alpha value is -3.56. The molecule has 0 atom stereocenters. The first-order chi connectivity index (χ1) is 13.5. The number of halogens is 3. The van der Waals surface area contributed by atoms with Gasteiger partial charge in [0.2, 0.25) is 5.91 Å². The number of rotatable bonds is 6. The van der Waals surface area contributed by atoms with Gasteiger partial charge in [0.1, 0.15) is 11.5 Å². The lowest BCUT2D eigenvalue weighted by Gasteiger charge is -2.17. The second-order valence-corrected chi connectivity index (χ2v) is 5.90. The van der Waals surface area contributed by atoms with Crippen molar-refractivity contribution in [3.05, 3.63) is 54.1 Å². The third-order valence-corrected chi connectivity index (χ3v) is 3.46. The molecule has 29 heavy (non-hydrogen) atoms. The predicted molar refractivity (Wildman–Crippen MR) is 96.5 cm³/mol. The molecule has 0 fully saturated rings. The predicted octanol–water partition coefficient (Wildman–Crippen LogP) is 3.22. The first-order valence-corrected chi connectivity index (χ1v) is 8.23. The molecule has 0 aliphatic heterocycles. The number of nitrogens with one attached hydrogen (secondary N) is 1. The molecule has 2 aromatic rings. The molecular weight excluding hydrogens is 393 g/mol. The number of hydrogen-bond donors (Lipinski definition) is 1. The third kappa shape index (κ3) is 7.17. The molecule has 7 nitrogen and oxygen atoms in total. The van der Waals surface area contributed by atoms with Gasteiger partial charge < -0.3 is 19.7 Å². The fourth-order valence-corrected chi connectivity index (χ4v) is 2.28. The number of alkyl halides is 3. The van der Waals surface area contributed by atoms with E-state index in [1.54, 1.807) is 0 Å². The number of amides is 2. The van der Waals surface area contributed by atoms with Crippen LogP contribution in [0.2, 0.25) is 0 Å². The molecule has 2 amide bonds. The van der Waals surface area contributed by atoms with Gasteiger partial charge in [0.05, 0.1) is 6.54 Å². The number of ether oxygens (including phenoxy) is 2. The van der Waals surface area contributed by atoms with Crippen molar-refractivity contribution in [1.29, 1.82) is 0 Å². The van der Waals surface area contributed by atoms with E-state index in [1.165, 1.54) is 50.4 Å². The molecule has 0 aliphatic rings. The van der Waals surface area contributed by atoms with Crippen LogP contribution < -0.4 is 14.8 Å². The van der Waals surface area contributed by atoms with Crippen LogP contribution in [0, 0.1) is 0 Å². The van der Waals surface area contributed by atoms with Crippen LogP contribution in [0.25, 0.3) is 0 Å². The SMILES string of the molecule is CC(=O)Oc1ccc(C(=O)N(C)CC(=O)Nc2ccc(OC(F)(F)F)cc2)cc1. The fourth-order valence-electron chi connectivity index (χ4n) is 2.28. The van der Waals surface area contributed by atoms with E-state index >= 15 is 0 Å². The van der Waals surface area contributed by atoms with Gasteiger partial charge in [-0.25, -0.2) is 0 Å². The van der Waals surface area contributed by atoms with Crippen molar-refractivity contribution in [2.45, 2.75) is 13.3 Å². The highest BCUT2D eigenvalue weighted by molar-refractivity contribution is 5.99.